The Kier molecular flexibility index (Phi) is 9.26. The van der Waals surface area contributed by atoms with Gasteiger partial charge in [0.2, 0.25) is 0 Å². The van der Waals surface area contributed by atoms with Crippen molar-refractivity contribution in [2.45, 2.75) is 51.9 Å². The molecule has 0 aliphatic carbocycles. The van der Waals surface area contributed by atoms with Gasteiger partial charge in [-0.15, -0.1) is 0 Å². The molecule has 1 heterocycles. The highest BCUT2D eigenvalue weighted by Gasteiger charge is 2.13. The van der Waals surface area contributed by atoms with Crippen molar-refractivity contribution in [3.8, 4) is 0 Å². The molecule has 122 valence electrons. The molecule has 0 atom stereocenters. The fourth-order valence-electron chi connectivity index (χ4n) is 2.77. The zero-order valence-corrected chi connectivity index (χ0v) is 13.4. The van der Waals surface area contributed by atoms with Gasteiger partial charge in [-0.05, 0) is 32.4 Å². The van der Waals surface area contributed by atoms with E-state index in [0.717, 1.165) is 51.3 Å². The van der Waals surface area contributed by atoms with E-state index in [-0.39, 0.29) is 6.54 Å². The van der Waals surface area contributed by atoms with Crippen molar-refractivity contribution in [1.82, 2.24) is 9.80 Å². The molecule has 2 N–H and O–H groups in total. The molecule has 5 heteroatoms. The van der Waals surface area contributed by atoms with Gasteiger partial charge >= 0.3 is 5.97 Å². The van der Waals surface area contributed by atoms with Gasteiger partial charge < -0.3 is 10.5 Å². The average molecular weight is 297 g/mol. The molecular weight excluding hydrogens is 266 g/mol. The number of nitrogens with zero attached hydrogens (tertiary/aromatic N) is 2. The standard InChI is InChI=1S/C16H31N3O2/c1-2-15(17)13-18-9-7-5-3-4-6-8-10-19(12-11-18)14-16(20)21/h17H,2-14H2,1H3,(H,20,21). The Balaban J connectivity index is 2.53. The second-order valence-corrected chi connectivity index (χ2v) is 6.02. The summed E-state index contributed by atoms with van der Waals surface area (Å²) in [6.45, 7) is 6.47. The molecule has 0 aromatic carbocycles. The molecule has 0 spiro atoms. The smallest absolute Gasteiger partial charge is 0.317 e. The first-order valence-corrected chi connectivity index (χ1v) is 8.34. The molecule has 1 aliphatic rings. The number of carboxylic acid groups (broad SMARTS) is 1. The molecule has 1 rings (SSSR count). The Bertz CT molecular complexity index is 321. The molecule has 0 radical (unpaired) electrons. The van der Waals surface area contributed by atoms with Crippen LogP contribution in [0.25, 0.3) is 0 Å². The Hall–Kier alpha value is -0.940. The third-order valence-corrected chi connectivity index (χ3v) is 4.13. The first-order chi connectivity index (χ1) is 10.1. The zero-order chi connectivity index (χ0) is 15.5. The quantitative estimate of drug-likeness (QED) is 0.765. The minimum atomic E-state index is -0.741. The van der Waals surface area contributed by atoms with Crippen LogP contribution in [0.2, 0.25) is 0 Å². The predicted molar refractivity (Wildman–Crippen MR) is 86.2 cm³/mol. The molecule has 1 aliphatic heterocycles. The summed E-state index contributed by atoms with van der Waals surface area (Å²) in [5.74, 6) is -0.741. The van der Waals surface area contributed by atoms with Crippen molar-refractivity contribution < 1.29 is 9.90 Å². The first kappa shape index (κ1) is 18.1. The third kappa shape index (κ3) is 8.83. The van der Waals surface area contributed by atoms with Gasteiger partial charge in [-0.1, -0.05) is 32.6 Å². The van der Waals surface area contributed by atoms with Crippen LogP contribution in [-0.4, -0.2) is 65.9 Å². The average Bonchev–Trinajstić information content (AvgIpc) is 2.43. The van der Waals surface area contributed by atoms with Gasteiger partial charge in [-0.2, -0.15) is 0 Å². The van der Waals surface area contributed by atoms with Gasteiger partial charge in [-0.25, -0.2) is 0 Å². The van der Waals surface area contributed by atoms with Crippen molar-refractivity contribution in [2.24, 2.45) is 0 Å². The fraction of sp³-hybridized carbons (Fsp3) is 0.875. The summed E-state index contributed by atoms with van der Waals surface area (Å²) in [7, 11) is 0. The molecule has 0 unspecified atom stereocenters. The van der Waals surface area contributed by atoms with Gasteiger partial charge in [0.15, 0.2) is 0 Å². The second kappa shape index (κ2) is 10.7. The fourth-order valence-corrected chi connectivity index (χ4v) is 2.77. The van der Waals surface area contributed by atoms with Crippen molar-refractivity contribution in [1.29, 1.82) is 5.41 Å². The molecule has 0 aromatic rings. The van der Waals surface area contributed by atoms with Crippen molar-refractivity contribution in [2.75, 3.05) is 39.3 Å². The van der Waals surface area contributed by atoms with E-state index in [0.29, 0.717) is 0 Å². The van der Waals surface area contributed by atoms with Crippen LogP contribution in [0.5, 0.6) is 0 Å². The van der Waals surface area contributed by atoms with E-state index in [1.165, 1.54) is 32.1 Å². The molecule has 0 bridgehead atoms. The maximum Gasteiger partial charge on any atom is 0.317 e. The van der Waals surface area contributed by atoms with Gasteiger partial charge in [-0.3, -0.25) is 14.6 Å². The van der Waals surface area contributed by atoms with Crippen LogP contribution in [0.15, 0.2) is 0 Å². The Morgan fingerprint density at radius 1 is 0.905 bits per heavy atom. The Morgan fingerprint density at radius 3 is 1.86 bits per heavy atom. The molecule has 0 saturated carbocycles. The van der Waals surface area contributed by atoms with Crippen LogP contribution < -0.4 is 0 Å². The van der Waals surface area contributed by atoms with Crippen LogP contribution >= 0.6 is 0 Å². The zero-order valence-electron chi connectivity index (χ0n) is 13.4. The van der Waals surface area contributed by atoms with Crippen molar-refractivity contribution >= 4 is 11.7 Å². The molecule has 21 heavy (non-hydrogen) atoms. The predicted octanol–water partition coefficient (Wildman–Crippen LogP) is 2.46. The van der Waals surface area contributed by atoms with Gasteiger partial charge in [0.1, 0.15) is 0 Å². The van der Waals surface area contributed by atoms with Crippen LogP contribution in [0.4, 0.5) is 0 Å². The molecule has 0 amide bonds. The van der Waals surface area contributed by atoms with Crippen molar-refractivity contribution in [3.63, 3.8) is 0 Å². The number of hydrogen-bond acceptors (Lipinski definition) is 4. The van der Waals surface area contributed by atoms with Crippen molar-refractivity contribution in [3.05, 3.63) is 0 Å². The monoisotopic (exact) mass is 297 g/mol. The second-order valence-electron chi connectivity index (χ2n) is 6.02. The topological polar surface area (TPSA) is 67.6 Å². The summed E-state index contributed by atoms with van der Waals surface area (Å²) in [5.41, 5.74) is 0.770. The summed E-state index contributed by atoms with van der Waals surface area (Å²) in [5, 5.41) is 16.9. The minimum absolute atomic E-state index is 0.138. The summed E-state index contributed by atoms with van der Waals surface area (Å²) < 4.78 is 0. The summed E-state index contributed by atoms with van der Waals surface area (Å²) in [6.07, 6.45) is 8.10. The summed E-state index contributed by atoms with van der Waals surface area (Å²) >= 11 is 0. The lowest BCUT2D eigenvalue weighted by atomic mass is 10.1. The van der Waals surface area contributed by atoms with Gasteiger partial charge in [0, 0.05) is 25.3 Å². The lowest BCUT2D eigenvalue weighted by Crippen LogP contribution is -2.40. The van der Waals surface area contributed by atoms with E-state index < -0.39 is 5.97 Å². The van der Waals surface area contributed by atoms with Gasteiger partial charge in [0.05, 0.1) is 6.54 Å². The highest BCUT2D eigenvalue weighted by Crippen LogP contribution is 2.09. The Labute approximate surface area is 128 Å². The minimum Gasteiger partial charge on any atom is -0.480 e. The normalized spacial score (nSPS) is 20.4. The van der Waals surface area contributed by atoms with Crippen LogP contribution in [0.3, 0.4) is 0 Å². The number of carbonyl (C=O) groups is 1. The largest absolute Gasteiger partial charge is 0.480 e. The summed E-state index contributed by atoms with van der Waals surface area (Å²) in [6, 6.07) is 0. The SMILES string of the molecule is CCC(=N)CN1CCCCCCCCN(CC(=O)O)CC1. The van der Waals surface area contributed by atoms with E-state index in [4.69, 9.17) is 10.5 Å². The molecule has 1 fully saturated rings. The van der Waals surface area contributed by atoms with E-state index in [2.05, 4.69) is 4.90 Å². The maximum absolute atomic E-state index is 11.0. The highest BCUT2D eigenvalue weighted by atomic mass is 16.4. The highest BCUT2D eigenvalue weighted by molar-refractivity contribution is 5.82. The first-order valence-electron chi connectivity index (χ1n) is 8.34. The van der Waals surface area contributed by atoms with Crippen LogP contribution in [0, 0.1) is 5.41 Å². The maximum atomic E-state index is 11.0. The molecule has 1 saturated heterocycles. The van der Waals surface area contributed by atoms with E-state index in [9.17, 15) is 4.79 Å². The van der Waals surface area contributed by atoms with E-state index in [1.807, 2.05) is 11.8 Å². The number of nitrogens with one attached hydrogen (secondary N) is 1. The lowest BCUT2D eigenvalue weighted by molar-refractivity contribution is -0.138. The number of hydrogen-bond donors (Lipinski definition) is 2. The molecule has 5 nitrogen and oxygen atoms in total. The molecular formula is C16H31N3O2. The number of rotatable bonds is 5. The third-order valence-electron chi connectivity index (χ3n) is 4.13. The molecule has 0 aromatic heterocycles. The van der Waals surface area contributed by atoms with Crippen LogP contribution in [0.1, 0.15) is 51.9 Å². The van der Waals surface area contributed by atoms with E-state index >= 15 is 0 Å². The van der Waals surface area contributed by atoms with Crippen LogP contribution in [-0.2, 0) is 4.79 Å². The number of carboxylic acids is 1. The Morgan fingerprint density at radius 2 is 1.38 bits per heavy atom. The summed E-state index contributed by atoms with van der Waals surface area (Å²) in [4.78, 5) is 15.3. The van der Waals surface area contributed by atoms with E-state index in [1.54, 1.807) is 0 Å². The number of aliphatic carboxylic acids is 1. The lowest BCUT2D eigenvalue weighted by Gasteiger charge is -2.27. The van der Waals surface area contributed by atoms with Gasteiger partial charge in [0.25, 0.3) is 0 Å².